The number of aromatic nitrogens is 1. The minimum atomic E-state index is -0.0286. The Labute approximate surface area is 168 Å². The van der Waals surface area contributed by atoms with Crippen molar-refractivity contribution in [1.29, 1.82) is 0 Å². The molecule has 4 N–H and O–H groups in total. The Kier molecular flexibility index (Phi) is 5.13. The van der Waals surface area contributed by atoms with E-state index in [1.165, 1.54) is 6.07 Å². The molecule has 1 aliphatic rings. The third-order valence-electron chi connectivity index (χ3n) is 5.15. The third kappa shape index (κ3) is 3.84. The van der Waals surface area contributed by atoms with E-state index in [0.717, 1.165) is 53.4 Å². The van der Waals surface area contributed by atoms with Gasteiger partial charge in [-0.3, -0.25) is 4.98 Å². The van der Waals surface area contributed by atoms with E-state index in [0.29, 0.717) is 17.1 Å². The number of phenolic OH excluding ortho intramolecular Hbond substituents is 1. The highest BCUT2D eigenvalue weighted by Gasteiger charge is 2.19. The molecule has 0 saturated heterocycles. The molecule has 0 aliphatic heterocycles. The molecule has 139 valence electrons. The maximum atomic E-state index is 9.74. The highest BCUT2D eigenvalue weighted by atomic mass is 35.5. The van der Waals surface area contributed by atoms with Gasteiger partial charge in [-0.25, -0.2) is 0 Å². The van der Waals surface area contributed by atoms with Crippen molar-refractivity contribution >= 4 is 39.8 Å². The van der Waals surface area contributed by atoms with E-state index in [1.807, 2.05) is 18.2 Å². The summed E-state index contributed by atoms with van der Waals surface area (Å²) in [6.45, 7) is 0. The standard InChI is InChI=1S/C21H20Cl2N3O/c22-17-11-21(27)18(23)10-15(17)12-1-6-19-16(9-12)20(7-8-25-19)26-14-4-2-13(24)3-5-14/h1,6,8-11,13-14,27H,2-5,24H2,(H,25,26). The summed E-state index contributed by atoms with van der Waals surface area (Å²) in [5.41, 5.74) is 9.50. The van der Waals surface area contributed by atoms with Gasteiger partial charge in [0.05, 0.1) is 21.2 Å². The number of anilines is 1. The Balaban J connectivity index is 1.72. The first kappa shape index (κ1) is 18.4. The zero-order chi connectivity index (χ0) is 19.0. The number of benzene rings is 2. The summed E-state index contributed by atoms with van der Waals surface area (Å²) in [4.78, 5) is 4.42. The van der Waals surface area contributed by atoms with Crippen LogP contribution in [-0.4, -0.2) is 22.2 Å². The number of nitrogens with zero attached hydrogens (tertiary/aromatic N) is 1. The summed E-state index contributed by atoms with van der Waals surface area (Å²) in [5.74, 6) is -0.0286. The highest BCUT2D eigenvalue weighted by Crippen LogP contribution is 2.38. The molecule has 27 heavy (non-hydrogen) atoms. The third-order valence-corrected chi connectivity index (χ3v) is 5.76. The lowest BCUT2D eigenvalue weighted by molar-refractivity contribution is 0.411. The number of aromatic hydroxyl groups is 1. The number of nitrogens with one attached hydrogen (secondary N) is 1. The molecule has 3 aromatic rings. The van der Waals surface area contributed by atoms with Crippen molar-refractivity contribution in [3.63, 3.8) is 0 Å². The molecule has 1 aliphatic carbocycles. The van der Waals surface area contributed by atoms with Crippen molar-refractivity contribution in [2.45, 2.75) is 37.8 Å². The largest absolute Gasteiger partial charge is 0.506 e. The first-order chi connectivity index (χ1) is 13.0. The molecule has 1 fully saturated rings. The minimum Gasteiger partial charge on any atom is -0.506 e. The molecular formula is C21H20Cl2N3O. The van der Waals surface area contributed by atoms with Crippen LogP contribution in [0.1, 0.15) is 25.7 Å². The summed E-state index contributed by atoms with van der Waals surface area (Å²) >= 11 is 12.4. The van der Waals surface area contributed by atoms with E-state index in [-0.39, 0.29) is 10.8 Å². The molecule has 4 rings (SSSR count). The lowest BCUT2D eigenvalue weighted by Crippen LogP contribution is -2.32. The molecule has 1 aromatic heterocycles. The molecule has 0 amide bonds. The molecular weight excluding hydrogens is 381 g/mol. The molecule has 0 spiro atoms. The number of halogens is 2. The molecule has 0 atom stereocenters. The van der Waals surface area contributed by atoms with E-state index in [9.17, 15) is 5.11 Å². The van der Waals surface area contributed by atoms with E-state index in [1.54, 1.807) is 12.3 Å². The molecule has 1 saturated carbocycles. The Morgan fingerprint density at radius 1 is 1.07 bits per heavy atom. The van der Waals surface area contributed by atoms with Crippen LogP contribution in [0.5, 0.6) is 5.75 Å². The van der Waals surface area contributed by atoms with Crippen molar-refractivity contribution in [3.8, 4) is 16.9 Å². The van der Waals surface area contributed by atoms with Crippen LogP contribution in [0.4, 0.5) is 5.69 Å². The second kappa shape index (κ2) is 7.55. The van der Waals surface area contributed by atoms with Gasteiger partial charge in [0.2, 0.25) is 0 Å². The fourth-order valence-corrected chi connectivity index (χ4v) is 4.04. The summed E-state index contributed by atoms with van der Waals surface area (Å²) in [7, 11) is 0. The topological polar surface area (TPSA) is 71.2 Å². The van der Waals surface area contributed by atoms with Crippen LogP contribution < -0.4 is 11.1 Å². The summed E-state index contributed by atoms with van der Waals surface area (Å²) < 4.78 is 0. The monoisotopic (exact) mass is 400 g/mol. The van der Waals surface area contributed by atoms with Crippen LogP contribution >= 0.6 is 23.2 Å². The molecule has 1 radical (unpaired) electrons. The zero-order valence-electron chi connectivity index (χ0n) is 14.7. The van der Waals surface area contributed by atoms with Gasteiger partial charge in [0.15, 0.2) is 0 Å². The van der Waals surface area contributed by atoms with Crippen LogP contribution in [0.15, 0.2) is 36.5 Å². The lowest BCUT2D eigenvalue weighted by atomic mass is 9.91. The van der Waals surface area contributed by atoms with Crippen molar-refractivity contribution in [2.75, 3.05) is 5.32 Å². The van der Waals surface area contributed by atoms with Gasteiger partial charge in [-0.15, -0.1) is 0 Å². The summed E-state index contributed by atoms with van der Waals surface area (Å²) in [6, 6.07) is 13.0. The number of phenols is 1. The van der Waals surface area contributed by atoms with E-state index >= 15 is 0 Å². The van der Waals surface area contributed by atoms with Gasteiger partial charge in [-0.05, 0) is 49.4 Å². The molecule has 1 heterocycles. The predicted octanol–water partition coefficient (Wildman–Crippen LogP) is 5.40. The second-order valence-electron chi connectivity index (χ2n) is 7.05. The van der Waals surface area contributed by atoms with Crippen LogP contribution in [0.25, 0.3) is 22.0 Å². The minimum absolute atomic E-state index is 0.0286. The van der Waals surface area contributed by atoms with Crippen LogP contribution in [-0.2, 0) is 0 Å². The normalized spacial score (nSPS) is 20.0. The van der Waals surface area contributed by atoms with Crippen LogP contribution in [0.2, 0.25) is 10.0 Å². The Morgan fingerprint density at radius 2 is 1.85 bits per heavy atom. The van der Waals surface area contributed by atoms with Crippen molar-refractivity contribution in [3.05, 3.63) is 52.6 Å². The molecule has 6 heteroatoms. The quantitative estimate of drug-likeness (QED) is 0.550. The number of hydrogen-bond acceptors (Lipinski definition) is 4. The van der Waals surface area contributed by atoms with E-state index in [2.05, 4.69) is 16.4 Å². The van der Waals surface area contributed by atoms with Gasteiger partial charge in [-0.1, -0.05) is 29.3 Å². The molecule has 4 nitrogen and oxygen atoms in total. The fraction of sp³-hybridized carbons (Fsp3) is 0.286. The highest BCUT2D eigenvalue weighted by molar-refractivity contribution is 6.36. The van der Waals surface area contributed by atoms with Crippen LogP contribution in [0.3, 0.4) is 0 Å². The Bertz CT molecular complexity index is 985. The number of pyridine rings is 1. The maximum absolute atomic E-state index is 9.74. The molecule has 2 aromatic carbocycles. The number of fused-ring (bicyclic) bond motifs is 1. The predicted molar refractivity (Wildman–Crippen MR) is 112 cm³/mol. The van der Waals surface area contributed by atoms with Gasteiger partial charge in [0.25, 0.3) is 0 Å². The fourth-order valence-electron chi connectivity index (χ4n) is 3.61. The SMILES string of the molecule is NC1CCC(Nc2[c]cnc3ccc(-c4cc(Cl)c(O)cc4Cl)cc23)CC1. The number of hydrogen-bond donors (Lipinski definition) is 3. The average molecular weight is 401 g/mol. The smallest absolute Gasteiger partial charge is 0.135 e. The second-order valence-corrected chi connectivity index (χ2v) is 7.86. The van der Waals surface area contributed by atoms with Crippen LogP contribution in [0, 0.1) is 6.07 Å². The lowest BCUT2D eigenvalue weighted by Gasteiger charge is -2.28. The van der Waals surface area contributed by atoms with Gasteiger partial charge >= 0.3 is 0 Å². The Hall–Kier alpha value is -2.01. The van der Waals surface area contributed by atoms with Gasteiger partial charge in [-0.2, -0.15) is 0 Å². The first-order valence-corrected chi connectivity index (χ1v) is 9.78. The van der Waals surface area contributed by atoms with Crippen molar-refractivity contribution < 1.29 is 5.11 Å². The number of nitrogens with two attached hydrogens (primary N) is 1. The van der Waals surface area contributed by atoms with Gasteiger partial charge < -0.3 is 16.2 Å². The average Bonchev–Trinajstić information content (AvgIpc) is 2.66. The molecule has 0 bridgehead atoms. The summed E-state index contributed by atoms with van der Waals surface area (Å²) in [6.07, 6.45) is 5.88. The van der Waals surface area contributed by atoms with E-state index < -0.39 is 0 Å². The van der Waals surface area contributed by atoms with E-state index in [4.69, 9.17) is 28.9 Å². The van der Waals surface area contributed by atoms with Gasteiger partial charge in [0.1, 0.15) is 5.75 Å². The van der Waals surface area contributed by atoms with Crippen molar-refractivity contribution in [2.24, 2.45) is 5.73 Å². The Morgan fingerprint density at radius 3 is 2.63 bits per heavy atom. The maximum Gasteiger partial charge on any atom is 0.135 e. The number of rotatable bonds is 3. The first-order valence-electron chi connectivity index (χ1n) is 9.02. The van der Waals surface area contributed by atoms with Gasteiger partial charge in [0, 0.05) is 41.4 Å². The van der Waals surface area contributed by atoms with Crippen molar-refractivity contribution in [1.82, 2.24) is 4.98 Å². The molecule has 0 unspecified atom stereocenters. The summed E-state index contributed by atoms with van der Waals surface area (Å²) in [5, 5.41) is 15.0. The zero-order valence-corrected chi connectivity index (χ0v) is 16.2.